The highest BCUT2D eigenvalue weighted by Crippen LogP contribution is 2.20. The van der Waals surface area contributed by atoms with E-state index < -0.39 is 11.7 Å². The van der Waals surface area contributed by atoms with Gasteiger partial charge in [-0.1, -0.05) is 23.9 Å². The van der Waals surface area contributed by atoms with E-state index in [1.807, 2.05) is 12.1 Å². The summed E-state index contributed by atoms with van der Waals surface area (Å²) < 4.78 is 13.6. The quantitative estimate of drug-likeness (QED) is 0.719. The molecule has 2 aromatic heterocycles. The maximum Gasteiger partial charge on any atom is 0.259 e. The molecule has 1 aromatic carbocycles. The average Bonchev–Trinajstić information content (AvgIpc) is 2.62. The Balaban J connectivity index is 1.60. The number of hydrogen-bond acceptors (Lipinski definition) is 5. The van der Waals surface area contributed by atoms with E-state index in [2.05, 4.69) is 20.5 Å². The summed E-state index contributed by atoms with van der Waals surface area (Å²) in [5.74, 6) is -0.110. The standard InChI is InChI=1S/C17H13FN4OS/c18-14-4-2-1-3-13(14)17(23)20-15-5-6-16(22-21-15)24-11-12-7-9-19-10-8-12/h1-10H,11H2,(H,20,21,23). The van der Waals surface area contributed by atoms with Gasteiger partial charge in [0.05, 0.1) is 5.56 Å². The lowest BCUT2D eigenvalue weighted by Gasteiger charge is -2.05. The van der Waals surface area contributed by atoms with Gasteiger partial charge in [-0.3, -0.25) is 9.78 Å². The van der Waals surface area contributed by atoms with Crippen molar-refractivity contribution in [3.63, 3.8) is 0 Å². The predicted molar refractivity (Wildman–Crippen MR) is 90.2 cm³/mol. The third-order valence-corrected chi connectivity index (χ3v) is 4.13. The van der Waals surface area contributed by atoms with Crippen LogP contribution >= 0.6 is 11.8 Å². The second-order valence-electron chi connectivity index (χ2n) is 4.83. The third kappa shape index (κ3) is 4.14. The van der Waals surface area contributed by atoms with Crippen LogP contribution in [0.1, 0.15) is 15.9 Å². The van der Waals surface area contributed by atoms with Crippen LogP contribution in [0.2, 0.25) is 0 Å². The Morgan fingerprint density at radius 2 is 1.83 bits per heavy atom. The lowest BCUT2D eigenvalue weighted by atomic mass is 10.2. The molecular weight excluding hydrogens is 327 g/mol. The fraction of sp³-hybridized carbons (Fsp3) is 0.0588. The Hall–Kier alpha value is -2.80. The first-order chi connectivity index (χ1) is 11.7. The number of rotatable bonds is 5. The van der Waals surface area contributed by atoms with Crippen molar-refractivity contribution in [1.29, 1.82) is 0 Å². The predicted octanol–water partition coefficient (Wildman–Crippen LogP) is 3.56. The SMILES string of the molecule is O=C(Nc1ccc(SCc2ccncc2)nn1)c1ccccc1F. The van der Waals surface area contributed by atoms with Crippen LogP contribution in [0, 0.1) is 5.82 Å². The number of carbonyl (C=O) groups is 1. The number of hydrogen-bond donors (Lipinski definition) is 1. The zero-order valence-corrected chi connectivity index (χ0v) is 13.3. The van der Waals surface area contributed by atoms with E-state index >= 15 is 0 Å². The number of anilines is 1. The molecule has 1 N–H and O–H groups in total. The van der Waals surface area contributed by atoms with E-state index in [-0.39, 0.29) is 11.4 Å². The van der Waals surface area contributed by atoms with E-state index in [4.69, 9.17) is 0 Å². The van der Waals surface area contributed by atoms with Crippen LogP contribution in [0.4, 0.5) is 10.2 Å². The summed E-state index contributed by atoms with van der Waals surface area (Å²) in [4.78, 5) is 16.0. The smallest absolute Gasteiger partial charge is 0.259 e. The van der Waals surface area contributed by atoms with Crippen molar-refractivity contribution in [2.45, 2.75) is 10.8 Å². The van der Waals surface area contributed by atoms with Crippen molar-refractivity contribution in [1.82, 2.24) is 15.2 Å². The van der Waals surface area contributed by atoms with Gasteiger partial charge in [0.2, 0.25) is 0 Å². The molecule has 3 aromatic rings. The lowest BCUT2D eigenvalue weighted by Crippen LogP contribution is -2.14. The van der Waals surface area contributed by atoms with Gasteiger partial charge < -0.3 is 5.32 Å². The van der Waals surface area contributed by atoms with Gasteiger partial charge in [-0.15, -0.1) is 10.2 Å². The minimum absolute atomic E-state index is 0.0320. The first kappa shape index (κ1) is 16.1. The molecule has 0 aliphatic heterocycles. The molecule has 0 saturated heterocycles. The van der Waals surface area contributed by atoms with Crippen LogP contribution in [-0.4, -0.2) is 21.1 Å². The minimum atomic E-state index is -0.576. The van der Waals surface area contributed by atoms with Crippen LogP contribution in [0.25, 0.3) is 0 Å². The molecule has 2 heterocycles. The summed E-state index contributed by atoms with van der Waals surface area (Å²) >= 11 is 1.53. The van der Waals surface area contributed by atoms with Gasteiger partial charge in [-0.25, -0.2) is 4.39 Å². The van der Waals surface area contributed by atoms with E-state index in [1.165, 1.54) is 30.0 Å². The molecule has 5 nitrogen and oxygen atoms in total. The summed E-state index contributed by atoms with van der Waals surface area (Å²) in [6.07, 6.45) is 3.48. The summed E-state index contributed by atoms with van der Waals surface area (Å²) in [5.41, 5.74) is 1.10. The second kappa shape index (κ2) is 7.65. The number of aromatic nitrogens is 3. The fourth-order valence-corrected chi connectivity index (χ4v) is 2.70. The first-order valence-corrected chi connectivity index (χ1v) is 8.12. The number of thioether (sulfide) groups is 1. The zero-order chi connectivity index (χ0) is 16.8. The lowest BCUT2D eigenvalue weighted by molar-refractivity contribution is 0.102. The van der Waals surface area contributed by atoms with Crippen LogP contribution in [0.5, 0.6) is 0 Å². The number of nitrogens with zero attached hydrogens (tertiary/aromatic N) is 3. The van der Waals surface area contributed by atoms with Crippen LogP contribution < -0.4 is 5.32 Å². The Kier molecular flexibility index (Phi) is 5.12. The molecule has 120 valence electrons. The van der Waals surface area contributed by atoms with E-state index in [0.29, 0.717) is 0 Å². The van der Waals surface area contributed by atoms with Crippen molar-refractivity contribution in [2.75, 3.05) is 5.32 Å². The topological polar surface area (TPSA) is 67.8 Å². The van der Waals surface area contributed by atoms with Gasteiger partial charge in [-0.2, -0.15) is 0 Å². The number of pyridine rings is 1. The van der Waals surface area contributed by atoms with Crippen LogP contribution in [-0.2, 0) is 5.75 Å². The maximum atomic E-state index is 13.6. The summed E-state index contributed by atoms with van der Waals surface area (Å²) in [5, 5.41) is 11.3. The average molecular weight is 340 g/mol. The highest BCUT2D eigenvalue weighted by atomic mass is 32.2. The van der Waals surface area contributed by atoms with Crippen molar-refractivity contribution < 1.29 is 9.18 Å². The van der Waals surface area contributed by atoms with Crippen molar-refractivity contribution >= 4 is 23.5 Å². The molecule has 3 rings (SSSR count). The zero-order valence-electron chi connectivity index (χ0n) is 12.5. The molecule has 0 spiro atoms. The number of benzene rings is 1. The fourth-order valence-electron chi connectivity index (χ4n) is 1.93. The van der Waals surface area contributed by atoms with Crippen molar-refractivity contribution in [3.8, 4) is 0 Å². The summed E-state index contributed by atoms with van der Waals surface area (Å²) in [7, 11) is 0. The number of amides is 1. The monoisotopic (exact) mass is 340 g/mol. The number of halogens is 1. The molecule has 24 heavy (non-hydrogen) atoms. The molecule has 0 aliphatic rings. The van der Waals surface area contributed by atoms with Gasteiger partial charge in [0.1, 0.15) is 10.8 Å². The Morgan fingerprint density at radius 1 is 1.04 bits per heavy atom. The molecule has 0 saturated carbocycles. The van der Waals surface area contributed by atoms with Crippen molar-refractivity contribution in [3.05, 3.63) is 77.9 Å². The molecule has 1 amide bonds. The molecule has 0 fully saturated rings. The number of carbonyl (C=O) groups excluding carboxylic acids is 1. The molecule has 0 unspecified atom stereocenters. The maximum absolute atomic E-state index is 13.6. The van der Waals surface area contributed by atoms with Crippen LogP contribution in [0.15, 0.2) is 66.0 Å². The molecule has 0 bridgehead atoms. The van der Waals surface area contributed by atoms with Crippen molar-refractivity contribution in [2.24, 2.45) is 0 Å². The minimum Gasteiger partial charge on any atom is -0.305 e. The highest BCUT2D eigenvalue weighted by Gasteiger charge is 2.11. The molecule has 0 aliphatic carbocycles. The van der Waals surface area contributed by atoms with E-state index in [9.17, 15) is 9.18 Å². The Labute approximate surface area is 142 Å². The Morgan fingerprint density at radius 3 is 2.54 bits per heavy atom. The molecule has 0 radical (unpaired) electrons. The first-order valence-electron chi connectivity index (χ1n) is 7.14. The highest BCUT2D eigenvalue weighted by molar-refractivity contribution is 7.98. The van der Waals surface area contributed by atoms with E-state index in [0.717, 1.165) is 16.3 Å². The van der Waals surface area contributed by atoms with Gasteiger partial charge in [0.25, 0.3) is 5.91 Å². The number of nitrogens with one attached hydrogen (secondary N) is 1. The molecule has 7 heteroatoms. The second-order valence-corrected chi connectivity index (χ2v) is 5.83. The normalized spacial score (nSPS) is 10.4. The molecular formula is C17H13FN4OS. The largest absolute Gasteiger partial charge is 0.305 e. The summed E-state index contributed by atoms with van der Waals surface area (Å²) in [6.45, 7) is 0. The van der Waals surface area contributed by atoms with Gasteiger partial charge in [0.15, 0.2) is 5.82 Å². The molecule has 0 atom stereocenters. The van der Waals surface area contributed by atoms with Gasteiger partial charge >= 0.3 is 0 Å². The van der Waals surface area contributed by atoms with Crippen LogP contribution in [0.3, 0.4) is 0 Å². The Bertz CT molecular complexity index is 828. The third-order valence-electron chi connectivity index (χ3n) is 3.14. The van der Waals surface area contributed by atoms with Gasteiger partial charge in [0, 0.05) is 18.1 Å². The van der Waals surface area contributed by atoms with E-state index in [1.54, 1.807) is 30.6 Å². The van der Waals surface area contributed by atoms with Gasteiger partial charge in [-0.05, 0) is 42.0 Å². The summed E-state index contributed by atoms with van der Waals surface area (Å²) in [6, 6.07) is 13.0.